The van der Waals surface area contributed by atoms with Crippen LogP contribution in [-0.2, 0) is 0 Å². The Hall–Kier alpha value is -1.54. The maximum absolute atomic E-state index is 9.33. The predicted octanol–water partition coefficient (Wildman–Crippen LogP) is 2.57. The van der Waals surface area contributed by atoms with E-state index in [-0.39, 0.29) is 6.04 Å². The third kappa shape index (κ3) is 1.44. The highest BCUT2D eigenvalue weighted by Gasteiger charge is 2.04. The van der Waals surface area contributed by atoms with E-state index in [4.69, 9.17) is 5.73 Å². The minimum atomic E-state index is 0.0169. The first-order chi connectivity index (χ1) is 6.68. The molecule has 0 amide bonds. The van der Waals surface area contributed by atoms with Crippen molar-refractivity contribution in [2.24, 2.45) is 5.73 Å². The lowest BCUT2D eigenvalue weighted by Gasteiger charge is -2.09. The lowest BCUT2D eigenvalue weighted by atomic mass is 10.00. The molecule has 0 spiro atoms. The molecule has 0 saturated heterocycles. The molecule has 2 heteroatoms. The number of nitrogens with two attached hydrogens (primary N) is 1. The van der Waals surface area contributed by atoms with E-state index in [1.165, 1.54) is 0 Å². The highest BCUT2D eigenvalue weighted by atomic mass is 16.3. The molecule has 14 heavy (non-hydrogen) atoms. The molecule has 0 aromatic heterocycles. The quantitative estimate of drug-likeness (QED) is 0.720. The molecular formula is C12H13NO. The van der Waals surface area contributed by atoms with Gasteiger partial charge in [-0.1, -0.05) is 24.3 Å². The lowest BCUT2D eigenvalue weighted by molar-refractivity contribution is 0.476. The molecule has 0 aliphatic rings. The summed E-state index contributed by atoms with van der Waals surface area (Å²) in [7, 11) is 0. The van der Waals surface area contributed by atoms with E-state index in [2.05, 4.69) is 0 Å². The Balaban J connectivity index is 2.75. The molecule has 2 rings (SSSR count). The zero-order chi connectivity index (χ0) is 10.1. The number of phenolic OH excluding ortho intramolecular Hbond substituents is 1. The second-order valence-electron chi connectivity index (χ2n) is 3.54. The number of rotatable bonds is 1. The molecule has 3 N–H and O–H groups in total. The van der Waals surface area contributed by atoms with Gasteiger partial charge >= 0.3 is 0 Å². The molecule has 2 nitrogen and oxygen atoms in total. The van der Waals surface area contributed by atoms with Crippen LogP contribution in [0.3, 0.4) is 0 Å². The van der Waals surface area contributed by atoms with Crippen molar-refractivity contribution >= 4 is 10.8 Å². The van der Waals surface area contributed by atoms with Gasteiger partial charge in [0.2, 0.25) is 0 Å². The van der Waals surface area contributed by atoms with Crippen LogP contribution in [-0.4, -0.2) is 5.11 Å². The van der Waals surface area contributed by atoms with Crippen LogP contribution in [0.4, 0.5) is 0 Å². The summed E-state index contributed by atoms with van der Waals surface area (Å²) in [6.45, 7) is 1.96. The van der Waals surface area contributed by atoms with Crippen molar-refractivity contribution in [2.75, 3.05) is 0 Å². The van der Waals surface area contributed by atoms with E-state index < -0.39 is 0 Å². The highest BCUT2D eigenvalue weighted by molar-refractivity contribution is 5.87. The van der Waals surface area contributed by atoms with E-state index in [0.717, 1.165) is 16.3 Å². The summed E-state index contributed by atoms with van der Waals surface area (Å²) in [5.74, 6) is 0.291. The average Bonchev–Trinajstić information content (AvgIpc) is 2.16. The SMILES string of the molecule is C[C@@H](N)c1cccc2cc(O)ccc12. The minimum absolute atomic E-state index is 0.0169. The van der Waals surface area contributed by atoms with Crippen molar-refractivity contribution in [3.8, 4) is 5.75 Å². The van der Waals surface area contributed by atoms with Gasteiger partial charge in [-0.05, 0) is 35.4 Å². The molecule has 0 saturated carbocycles. The molecule has 0 aliphatic heterocycles. The number of hydrogen-bond acceptors (Lipinski definition) is 2. The first-order valence-corrected chi connectivity index (χ1v) is 4.66. The Labute approximate surface area is 83.0 Å². The van der Waals surface area contributed by atoms with Crippen molar-refractivity contribution in [3.63, 3.8) is 0 Å². The van der Waals surface area contributed by atoms with Gasteiger partial charge < -0.3 is 10.8 Å². The monoisotopic (exact) mass is 187 g/mol. The molecule has 0 unspecified atom stereocenters. The molecule has 0 radical (unpaired) electrons. The van der Waals surface area contributed by atoms with Crippen LogP contribution in [0.1, 0.15) is 18.5 Å². The summed E-state index contributed by atoms with van der Waals surface area (Å²) >= 11 is 0. The van der Waals surface area contributed by atoms with Crippen LogP contribution in [0.2, 0.25) is 0 Å². The summed E-state index contributed by atoms with van der Waals surface area (Å²) in [5, 5.41) is 11.5. The first kappa shape index (κ1) is 9.03. The molecule has 2 aromatic carbocycles. The number of benzene rings is 2. The summed E-state index contributed by atoms with van der Waals surface area (Å²) in [5.41, 5.74) is 6.97. The zero-order valence-corrected chi connectivity index (χ0v) is 8.07. The van der Waals surface area contributed by atoms with Crippen LogP contribution in [0.15, 0.2) is 36.4 Å². The molecule has 0 aliphatic carbocycles. The molecule has 0 heterocycles. The third-order valence-corrected chi connectivity index (χ3v) is 2.39. The van der Waals surface area contributed by atoms with Crippen molar-refractivity contribution in [1.82, 2.24) is 0 Å². The summed E-state index contributed by atoms with van der Waals surface area (Å²) in [4.78, 5) is 0. The van der Waals surface area contributed by atoms with E-state index in [9.17, 15) is 5.11 Å². The van der Waals surface area contributed by atoms with Gasteiger partial charge in [0.1, 0.15) is 5.75 Å². The summed E-state index contributed by atoms with van der Waals surface area (Å²) in [6.07, 6.45) is 0. The molecule has 1 atom stereocenters. The third-order valence-electron chi connectivity index (χ3n) is 2.39. The molecule has 2 aromatic rings. The van der Waals surface area contributed by atoms with E-state index >= 15 is 0 Å². The average molecular weight is 187 g/mol. The smallest absolute Gasteiger partial charge is 0.116 e. The number of hydrogen-bond donors (Lipinski definition) is 2. The predicted molar refractivity (Wildman–Crippen MR) is 58.2 cm³/mol. The highest BCUT2D eigenvalue weighted by Crippen LogP contribution is 2.25. The maximum atomic E-state index is 9.33. The van der Waals surface area contributed by atoms with Crippen LogP contribution >= 0.6 is 0 Å². The van der Waals surface area contributed by atoms with Gasteiger partial charge in [0.15, 0.2) is 0 Å². The summed E-state index contributed by atoms with van der Waals surface area (Å²) < 4.78 is 0. The molecule has 72 valence electrons. The van der Waals surface area contributed by atoms with Crippen LogP contribution in [0.25, 0.3) is 10.8 Å². The number of aromatic hydroxyl groups is 1. The van der Waals surface area contributed by atoms with Crippen molar-refractivity contribution in [1.29, 1.82) is 0 Å². The fourth-order valence-electron chi connectivity index (χ4n) is 1.69. The van der Waals surface area contributed by atoms with Crippen molar-refractivity contribution < 1.29 is 5.11 Å². The number of phenols is 1. The van der Waals surface area contributed by atoms with Gasteiger partial charge in [-0.25, -0.2) is 0 Å². The maximum Gasteiger partial charge on any atom is 0.116 e. The lowest BCUT2D eigenvalue weighted by Crippen LogP contribution is -2.05. The summed E-state index contributed by atoms with van der Waals surface area (Å²) in [6, 6.07) is 11.3. The largest absolute Gasteiger partial charge is 0.508 e. The van der Waals surface area contributed by atoms with Gasteiger partial charge in [-0.2, -0.15) is 0 Å². The van der Waals surface area contributed by atoms with Gasteiger partial charge in [-0.15, -0.1) is 0 Å². The van der Waals surface area contributed by atoms with Crippen molar-refractivity contribution in [3.05, 3.63) is 42.0 Å². The zero-order valence-electron chi connectivity index (χ0n) is 8.07. The second kappa shape index (κ2) is 3.31. The van der Waals surface area contributed by atoms with Gasteiger partial charge in [0, 0.05) is 6.04 Å². The van der Waals surface area contributed by atoms with Crippen LogP contribution < -0.4 is 5.73 Å². The normalized spacial score (nSPS) is 13.0. The standard InChI is InChI=1S/C12H13NO/c1-8(13)11-4-2-3-9-7-10(14)5-6-12(9)11/h2-8,14H,13H2,1H3/t8-/m1/s1. The van der Waals surface area contributed by atoms with E-state index in [0.29, 0.717) is 5.75 Å². The topological polar surface area (TPSA) is 46.2 Å². The Morgan fingerprint density at radius 2 is 2.00 bits per heavy atom. The van der Waals surface area contributed by atoms with Crippen LogP contribution in [0, 0.1) is 0 Å². The molecule has 0 fully saturated rings. The Morgan fingerprint density at radius 3 is 2.71 bits per heavy atom. The Bertz CT molecular complexity index is 463. The molecular weight excluding hydrogens is 174 g/mol. The Morgan fingerprint density at radius 1 is 1.21 bits per heavy atom. The van der Waals surface area contributed by atoms with Gasteiger partial charge in [0.25, 0.3) is 0 Å². The van der Waals surface area contributed by atoms with Crippen molar-refractivity contribution in [2.45, 2.75) is 13.0 Å². The van der Waals surface area contributed by atoms with E-state index in [1.54, 1.807) is 12.1 Å². The fraction of sp³-hybridized carbons (Fsp3) is 0.167. The first-order valence-electron chi connectivity index (χ1n) is 4.66. The van der Waals surface area contributed by atoms with Gasteiger partial charge in [0.05, 0.1) is 0 Å². The number of fused-ring (bicyclic) bond motifs is 1. The molecule has 0 bridgehead atoms. The fourth-order valence-corrected chi connectivity index (χ4v) is 1.69. The van der Waals surface area contributed by atoms with Crippen LogP contribution in [0.5, 0.6) is 5.75 Å². The minimum Gasteiger partial charge on any atom is -0.508 e. The Kier molecular flexibility index (Phi) is 2.14. The van der Waals surface area contributed by atoms with Gasteiger partial charge in [-0.3, -0.25) is 0 Å². The second-order valence-corrected chi connectivity index (χ2v) is 3.54. The van der Waals surface area contributed by atoms with E-state index in [1.807, 2.05) is 31.2 Å².